The third kappa shape index (κ3) is 4.60. The fourth-order valence-electron chi connectivity index (χ4n) is 2.64. The highest BCUT2D eigenvalue weighted by molar-refractivity contribution is 7.92. The van der Waals surface area contributed by atoms with Gasteiger partial charge in [0, 0.05) is 19.8 Å². The van der Waals surface area contributed by atoms with Gasteiger partial charge in [-0.1, -0.05) is 11.3 Å². The lowest BCUT2D eigenvalue weighted by atomic mass is 10.2. The molecule has 0 aliphatic carbocycles. The molecule has 10 heteroatoms. The number of anilines is 2. The normalized spacial score (nSPS) is 12.6. The van der Waals surface area contributed by atoms with E-state index in [1.165, 1.54) is 7.05 Å². The Morgan fingerprint density at radius 1 is 1.21 bits per heavy atom. The zero-order valence-corrected chi connectivity index (χ0v) is 18.0. The van der Waals surface area contributed by atoms with Gasteiger partial charge in [-0.3, -0.25) is 13.9 Å². The first-order valence-corrected chi connectivity index (χ1v) is 11.3. The highest BCUT2D eigenvalue weighted by Crippen LogP contribution is 2.23. The van der Waals surface area contributed by atoms with Gasteiger partial charge in [-0.25, -0.2) is 8.42 Å². The molecule has 8 nitrogen and oxygen atoms in total. The first kappa shape index (κ1) is 20.9. The number of ether oxygens (including phenoxy) is 1. The topological polar surface area (TPSA) is 97.7 Å². The maximum atomic E-state index is 12.4. The van der Waals surface area contributed by atoms with Crippen LogP contribution in [0.4, 0.5) is 11.4 Å². The van der Waals surface area contributed by atoms with Crippen LogP contribution in [0.15, 0.2) is 47.3 Å². The summed E-state index contributed by atoms with van der Waals surface area (Å²) >= 11 is 1.11. The molecule has 0 bridgehead atoms. The molecule has 29 heavy (non-hydrogen) atoms. The van der Waals surface area contributed by atoms with E-state index in [2.05, 4.69) is 5.32 Å². The van der Waals surface area contributed by atoms with Crippen molar-refractivity contribution in [1.82, 2.24) is 4.57 Å². The lowest BCUT2D eigenvalue weighted by Crippen LogP contribution is -2.30. The highest BCUT2D eigenvalue weighted by atomic mass is 32.2. The number of fused-ring (bicyclic) bond motifs is 1. The van der Waals surface area contributed by atoms with E-state index in [4.69, 9.17) is 4.74 Å². The molecule has 2 aromatic carbocycles. The van der Waals surface area contributed by atoms with Crippen molar-refractivity contribution in [2.24, 2.45) is 7.05 Å². The molecular formula is C19H21N3O5S2. The number of sulfonamides is 1. The summed E-state index contributed by atoms with van der Waals surface area (Å²) in [7, 11) is -0.186. The molecule has 0 saturated heterocycles. The van der Waals surface area contributed by atoms with Crippen LogP contribution in [0.1, 0.15) is 6.92 Å². The summed E-state index contributed by atoms with van der Waals surface area (Å²) in [6.07, 6.45) is 0.341. The Hall–Kier alpha value is -2.85. The molecule has 1 aromatic heterocycles. The largest absolute Gasteiger partial charge is 0.481 e. The van der Waals surface area contributed by atoms with Crippen molar-refractivity contribution in [2.75, 3.05) is 22.9 Å². The molecule has 1 amide bonds. The van der Waals surface area contributed by atoms with Gasteiger partial charge in [-0.15, -0.1) is 0 Å². The Morgan fingerprint density at radius 2 is 1.86 bits per heavy atom. The molecule has 0 aliphatic rings. The van der Waals surface area contributed by atoms with Gasteiger partial charge in [-0.05, 0) is 49.4 Å². The summed E-state index contributed by atoms with van der Waals surface area (Å²) < 4.78 is 32.3. The average Bonchev–Trinajstić information content (AvgIpc) is 2.94. The Balaban J connectivity index is 1.67. The average molecular weight is 436 g/mol. The molecule has 1 atom stereocenters. The van der Waals surface area contributed by atoms with E-state index >= 15 is 0 Å². The van der Waals surface area contributed by atoms with Gasteiger partial charge < -0.3 is 14.6 Å². The summed E-state index contributed by atoms with van der Waals surface area (Å²) in [5.74, 6) is 0.0972. The number of rotatable bonds is 6. The number of hydrogen-bond donors (Lipinski definition) is 1. The quantitative estimate of drug-likeness (QED) is 0.641. The number of amides is 1. The summed E-state index contributed by atoms with van der Waals surface area (Å²) in [4.78, 5) is 24.1. The van der Waals surface area contributed by atoms with E-state index in [-0.39, 0.29) is 10.8 Å². The van der Waals surface area contributed by atoms with Crippen molar-refractivity contribution in [2.45, 2.75) is 13.0 Å². The maximum absolute atomic E-state index is 12.4. The summed E-state index contributed by atoms with van der Waals surface area (Å²) in [6, 6.07) is 11.7. The van der Waals surface area contributed by atoms with Gasteiger partial charge in [0.05, 0.1) is 22.2 Å². The second-order valence-corrected chi connectivity index (χ2v) is 9.59. The minimum atomic E-state index is -3.35. The molecule has 0 fully saturated rings. The number of carbonyl (C=O) groups excluding carboxylic acids is 1. The predicted octanol–water partition coefficient (Wildman–Crippen LogP) is 2.40. The monoisotopic (exact) mass is 435 g/mol. The van der Waals surface area contributed by atoms with E-state index in [1.54, 1.807) is 61.0 Å². The first-order chi connectivity index (χ1) is 13.6. The van der Waals surface area contributed by atoms with Crippen molar-refractivity contribution >= 4 is 48.9 Å². The number of hydrogen-bond acceptors (Lipinski definition) is 6. The predicted molar refractivity (Wildman–Crippen MR) is 115 cm³/mol. The van der Waals surface area contributed by atoms with Crippen LogP contribution in [-0.4, -0.2) is 38.3 Å². The Kier molecular flexibility index (Phi) is 5.67. The SMILES string of the molecule is C[C@H](Oc1ccc(N(C)S(C)(=O)=O)cc1)C(=O)Nc1ccc2c(c1)sc(=O)n2C. The Morgan fingerprint density at radius 3 is 2.48 bits per heavy atom. The van der Waals surface area contributed by atoms with Crippen LogP contribution in [0.2, 0.25) is 0 Å². The lowest BCUT2D eigenvalue weighted by Gasteiger charge is -2.18. The van der Waals surface area contributed by atoms with Gasteiger partial charge in [0.2, 0.25) is 10.0 Å². The second-order valence-electron chi connectivity index (χ2n) is 6.58. The maximum Gasteiger partial charge on any atom is 0.307 e. The number of benzene rings is 2. The molecule has 3 rings (SSSR count). The van der Waals surface area contributed by atoms with Gasteiger partial charge in [-0.2, -0.15) is 0 Å². The standard InChI is InChI=1S/C19H21N3O5S2/c1-12(27-15-8-6-14(7-9-15)22(3)29(4,25)26)18(23)20-13-5-10-16-17(11-13)28-19(24)21(16)2/h5-12H,1-4H3,(H,20,23)/t12-/m0/s1. The third-order valence-corrected chi connectivity index (χ3v) is 6.64. The zero-order chi connectivity index (χ0) is 21.3. The lowest BCUT2D eigenvalue weighted by molar-refractivity contribution is -0.122. The molecule has 0 radical (unpaired) electrons. The minimum Gasteiger partial charge on any atom is -0.481 e. The molecule has 0 unspecified atom stereocenters. The van der Waals surface area contributed by atoms with E-state index in [9.17, 15) is 18.0 Å². The molecule has 1 N–H and O–H groups in total. The van der Waals surface area contributed by atoms with Crippen molar-refractivity contribution in [3.8, 4) is 5.75 Å². The smallest absolute Gasteiger partial charge is 0.307 e. The number of aryl methyl sites for hydroxylation is 1. The summed E-state index contributed by atoms with van der Waals surface area (Å²) in [5.41, 5.74) is 1.87. The Bertz CT molecular complexity index is 1210. The van der Waals surface area contributed by atoms with Crippen LogP contribution in [-0.2, 0) is 21.9 Å². The molecule has 0 saturated carbocycles. The van der Waals surface area contributed by atoms with E-state index in [0.717, 1.165) is 32.1 Å². The molecular weight excluding hydrogens is 414 g/mol. The van der Waals surface area contributed by atoms with Gasteiger partial charge in [0.1, 0.15) is 5.75 Å². The zero-order valence-electron chi connectivity index (χ0n) is 16.4. The number of nitrogens with zero attached hydrogens (tertiary/aromatic N) is 2. The van der Waals surface area contributed by atoms with E-state index in [1.807, 2.05) is 0 Å². The molecule has 0 spiro atoms. The molecule has 154 valence electrons. The van der Waals surface area contributed by atoms with Crippen LogP contribution in [0.3, 0.4) is 0 Å². The van der Waals surface area contributed by atoms with Gasteiger partial charge in [0.25, 0.3) is 5.91 Å². The minimum absolute atomic E-state index is 0.0647. The fraction of sp³-hybridized carbons (Fsp3) is 0.263. The third-order valence-electron chi connectivity index (χ3n) is 4.44. The van der Waals surface area contributed by atoms with Gasteiger partial charge in [0.15, 0.2) is 6.10 Å². The molecule has 1 heterocycles. The van der Waals surface area contributed by atoms with E-state index in [0.29, 0.717) is 17.1 Å². The number of nitrogens with one attached hydrogen (secondary N) is 1. The molecule has 3 aromatic rings. The van der Waals surface area contributed by atoms with Gasteiger partial charge >= 0.3 is 4.87 Å². The summed E-state index contributed by atoms with van der Waals surface area (Å²) in [5, 5.41) is 2.78. The van der Waals surface area contributed by atoms with Crippen LogP contribution in [0.25, 0.3) is 10.2 Å². The number of aromatic nitrogens is 1. The van der Waals surface area contributed by atoms with Crippen LogP contribution in [0, 0.1) is 0 Å². The Labute approximate surface area is 172 Å². The highest BCUT2D eigenvalue weighted by Gasteiger charge is 2.17. The number of carbonyl (C=O) groups is 1. The van der Waals surface area contributed by atoms with Crippen LogP contribution in [0.5, 0.6) is 5.75 Å². The van der Waals surface area contributed by atoms with Crippen molar-refractivity contribution in [3.63, 3.8) is 0 Å². The molecule has 0 aliphatic heterocycles. The van der Waals surface area contributed by atoms with Crippen molar-refractivity contribution in [3.05, 3.63) is 52.1 Å². The van der Waals surface area contributed by atoms with Crippen molar-refractivity contribution in [1.29, 1.82) is 0 Å². The summed E-state index contributed by atoms with van der Waals surface area (Å²) in [6.45, 7) is 1.62. The number of thiazole rings is 1. The fourth-order valence-corrected chi connectivity index (χ4v) is 4.06. The van der Waals surface area contributed by atoms with Crippen molar-refractivity contribution < 1.29 is 17.9 Å². The second kappa shape index (κ2) is 7.88. The first-order valence-electron chi connectivity index (χ1n) is 8.67. The van der Waals surface area contributed by atoms with E-state index < -0.39 is 16.1 Å². The van der Waals surface area contributed by atoms with Crippen LogP contribution < -0.4 is 19.2 Å². The van der Waals surface area contributed by atoms with Crippen LogP contribution >= 0.6 is 11.3 Å².